The highest BCUT2D eigenvalue weighted by Crippen LogP contribution is 2.20. The van der Waals surface area contributed by atoms with E-state index < -0.39 is 18.0 Å². The second kappa shape index (κ2) is 9.43. The lowest BCUT2D eigenvalue weighted by Crippen LogP contribution is -2.41. The van der Waals surface area contributed by atoms with Crippen molar-refractivity contribution in [1.82, 2.24) is 10.4 Å². The largest absolute Gasteiger partial charge is 0.497 e. The Hall–Kier alpha value is -3.06. The topological polar surface area (TPSA) is 77.1 Å². The molecule has 2 aromatic rings. The number of carbonyl (C=O) groups excluding carboxylic acids is 2. The molecule has 0 spiro atoms. The maximum Gasteiger partial charge on any atom is 0.408 e. The minimum Gasteiger partial charge on any atom is -0.497 e. The number of nitrogens with zero attached hydrogens (tertiary/aromatic N) is 1. The highest BCUT2D eigenvalue weighted by atomic mass is 16.7. The molecule has 138 valence electrons. The van der Waals surface area contributed by atoms with Gasteiger partial charge in [-0.15, -0.1) is 0 Å². The van der Waals surface area contributed by atoms with Crippen molar-refractivity contribution in [3.8, 4) is 5.75 Å². The Balaban J connectivity index is 2.09. The summed E-state index contributed by atoms with van der Waals surface area (Å²) in [5.74, 6) is 0.209. The minimum atomic E-state index is -0.950. The maximum atomic E-state index is 12.5. The molecule has 0 heterocycles. The zero-order valence-corrected chi connectivity index (χ0v) is 15.0. The molecular weight excluding hydrogens is 336 g/mol. The van der Waals surface area contributed by atoms with Crippen LogP contribution in [0.2, 0.25) is 0 Å². The van der Waals surface area contributed by atoms with Gasteiger partial charge in [0, 0.05) is 7.05 Å². The van der Waals surface area contributed by atoms with E-state index in [2.05, 4.69) is 5.32 Å². The van der Waals surface area contributed by atoms with Gasteiger partial charge in [0.1, 0.15) is 18.4 Å². The molecule has 0 bridgehead atoms. The van der Waals surface area contributed by atoms with Crippen molar-refractivity contribution in [3.05, 3.63) is 65.7 Å². The van der Waals surface area contributed by atoms with Crippen molar-refractivity contribution < 1.29 is 23.9 Å². The fourth-order valence-corrected chi connectivity index (χ4v) is 2.24. The van der Waals surface area contributed by atoms with Gasteiger partial charge in [-0.3, -0.25) is 9.63 Å². The summed E-state index contributed by atoms with van der Waals surface area (Å²) in [6.07, 6.45) is -0.701. The monoisotopic (exact) mass is 358 g/mol. The van der Waals surface area contributed by atoms with E-state index in [9.17, 15) is 9.59 Å². The Morgan fingerprint density at radius 1 is 1.04 bits per heavy atom. The second-order valence-corrected chi connectivity index (χ2v) is 5.43. The lowest BCUT2D eigenvalue weighted by molar-refractivity contribution is -0.171. The zero-order chi connectivity index (χ0) is 18.9. The van der Waals surface area contributed by atoms with Crippen LogP contribution >= 0.6 is 0 Å². The van der Waals surface area contributed by atoms with Crippen molar-refractivity contribution in [2.24, 2.45) is 0 Å². The molecule has 7 heteroatoms. The molecule has 0 saturated heterocycles. The number of methoxy groups -OCH3 is 1. The number of amides is 2. The van der Waals surface area contributed by atoms with E-state index in [1.54, 1.807) is 31.4 Å². The van der Waals surface area contributed by atoms with Crippen LogP contribution in [0.3, 0.4) is 0 Å². The Morgan fingerprint density at radius 2 is 1.69 bits per heavy atom. The van der Waals surface area contributed by atoms with Crippen molar-refractivity contribution in [1.29, 1.82) is 0 Å². The normalized spacial score (nSPS) is 11.3. The SMILES string of the molecule is COc1ccc([C@@H](NC(=O)OCc2ccccc2)C(=O)N(C)OC)cc1. The van der Waals surface area contributed by atoms with E-state index in [0.717, 1.165) is 10.6 Å². The third kappa shape index (κ3) is 5.22. The first-order valence-electron chi connectivity index (χ1n) is 7.98. The molecule has 0 aliphatic heterocycles. The van der Waals surface area contributed by atoms with Crippen LogP contribution in [-0.4, -0.2) is 38.3 Å². The van der Waals surface area contributed by atoms with Crippen LogP contribution < -0.4 is 10.1 Å². The average molecular weight is 358 g/mol. The van der Waals surface area contributed by atoms with Gasteiger partial charge in [0.25, 0.3) is 5.91 Å². The second-order valence-electron chi connectivity index (χ2n) is 5.43. The number of hydroxylamine groups is 2. The van der Waals surface area contributed by atoms with Crippen LogP contribution in [0.4, 0.5) is 4.79 Å². The number of alkyl carbamates (subject to hydrolysis) is 1. The predicted molar refractivity (Wildman–Crippen MR) is 95.3 cm³/mol. The van der Waals surface area contributed by atoms with Crippen LogP contribution in [0.15, 0.2) is 54.6 Å². The molecule has 2 rings (SSSR count). The molecule has 0 saturated carbocycles. The van der Waals surface area contributed by atoms with Crippen molar-refractivity contribution >= 4 is 12.0 Å². The standard InChI is InChI=1S/C19H22N2O5/c1-21(25-3)18(22)17(15-9-11-16(24-2)12-10-15)20-19(23)26-13-14-7-5-4-6-8-14/h4-12,17H,13H2,1-3H3,(H,20,23)/t17-/m1/s1. The summed E-state index contributed by atoms with van der Waals surface area (Å²) in [6.45, 7) is 0.107. The number of carbonyl (C=O) groups is 2. The van der Waals surface area contributed by atoms with Gasteiger partial charge in [-0.05, 0) is 23.3 Å². The Morgan fingerprint density at radius 3 is 2.27 bits per heavy atom. The summed E-state index contributed by atoms with van der Waals surface area (Å²) in [5, 5.41) is 3.63. The first-order valence-corrected chi connectivity index (χ1v) is 7.98. The third-order valence-corrected chi connectivity index (χ3v) is 3.76. The first-order chi connectivity index (χ1) is 12.5. The van der Waals surface area contributed by atoms with E-state index in [0.29, 0.717) is 11.3 Å². The molecule has 2 amide bonds. The van der Waals surface area contributed by atoms with Crippen molar-refractivity contribution in [3.63, 3.8) is 0 Å². The van der Waals surface area contributed by atoms with E-state index in [1.165, 1.54) is 14.2 Å². The van der Waals surface area contributed by atoms with Gasteiger partial charge in [-0.2, -0.15) is 0 Å². The Labute approximate surface area is 152 Å². The Bertz CT molecular complexity index is 718. The van der Waals surface area contributed by atoms with E-state index in [-0.39, 0.29) is 6.61 Å². The highest BCUT2D eigenvalue weighted by Gasteiger charge is 2.26. The van der Waals surface area contributed by atoms with Crippen LogP contribution in [0.25, 0.3) is 0 Å². The molecule has 0 aromatic heterocycles. The molecule has 26 heavy (non-hydrogen) atoms. The molecule has 0 radical (unpaired) electrons. The van der Waals surface area contributed by atoms with Crippen molar-refractivity contribution in [2.45, 2.75) is 12.6 Å². The fourth-order valence-electron chi connectivity index (χ4n) is 2.24. The van der Waals surface area contributed by atoms with Gasteiger partial charge in [0.05, 0.1) is 14.2 Å². The molecular formula is C19H22N2O5. The summed E-state index contributed by atoms with van der Waals surface area (Å²) in [6, 6.07) is 15.1. The van der Waals surface area contributed by atoms with Gasteiger partial charge in [-0.1, -0.05) is 42.5 Å². The number of rotatable bonds is 7. The summed E-state index contributed by atoms with van der Waals surface area (Å²) in [5.41, 5.74) is 1.43. The summed E-state index contributed by atoms with van der Waals surface area (Å²) < 4.78 is 10.3. The summed E-state index contributed by atoms with van der Waals surface area (Å²) in [4.78, 5) is 29.6. The molecule has 1 N–H and O–H groups in total. The van der Waals surface area contributed by atoms with E-state index in [4.69, 9.17) is 14.3 Å². The van der Waals surface area contributed by atoms with E-state index >= 15 is 0 Å². The van der Waals surface area contributed by atoms with Gasteiger partial charge >= 0.3 is 6.09 Å². The van der Waals surface area contributed by atoms with Gasteiger partial charge < -0.3 is 14.8 Å². The number of nitrogens with one attached hydrogen (secondary N) is 1. The number of benzene rings is 2. The number of hydrogen-bond acceptors (Lipinski definition) is 5. The summed E-state index contributed by atoms with van der Waals surface area (Å²) in [7, 11) is 4.39. The predicted octanol–water partition coefficient (Wildman–Crippen LogP) is 2.68. The lowest BCUT2D eigenvalue weighted by atomic mass is 10.1. The third-order valence-electron chi connectivity index (χ3n) is 3.76. The maximum absolute atomic E-state index is 12.5. The number of ether oxygens (including phenoxy) is 2. The Kier molecular flexibility index (Phi) is 6.99. The number of hydrogen-bond donors (Lipinski definition) is 1. The van der Waals surface area contributed by atoms with Crippen LogP contribution in [0.1, 0.15) is 17.2 Å². The van der Waals surface area contributed by atoms with Crippen LogP contribution in [-0.2, 0) is 21.0 Å². The molecule has 0 unspecified atom stereocenters. The van der Waals surface area contributed by atoms with Crippen LogP contribution in [0.5, 0.6) is 5.75 Å². The summed E-state index contributed by atoms with van der Waals surface area (Å²) >= 11 is 0. The molecule has 0 fully saturated rings. The quantitative estimate of drug-likeness (QED) is 0.770. The molecule has 2 aromatic carbocycles. The lowest BCUT2D eigenvalue weighted by Gasteiger charge is -2.23. The molecule has 0 aliphatic rings. The molecule has 1 atom stereocenters. The van der Waals surface area contributed by atoms with Gasteiger partial charge in [0.15, 0.2) is 0 Å². The van der Waals surface area contributed by atoms with Crippen molar-refractivity contribution in [2.75, 3.05) is 21.3 Å². The van der Waals surface area contributed by atoms with Gasteiger partial charge in [0.2, 0.25) is 0 Å². The highest BCUT2D eigenvalue weighted by molar-refractivity contribution is 5.86. The fraction of sp³-hybridized carbons (Fsp3) is 0.263. The average Bonchev–Trinajstić information content (AvgIpc) is 2.70. The van der Waals surface area contributed by atoms with E-state index in [1.807, 2.05) is 30.3 Å². The minimum absolute atomic E-state index is 0.107. The zero-order valence-electron chi connectivity index (χ0n) is 15.0. The molecule has 7 nitrogen and oxygen atoms in total. The molecule has 0 aliphatic carbocycles. The van der Waals surface area contributed by atoms with Crippen LogP contribution in [0, 0.1) is 0 Å². The number of likely N-dealkylation sites (N-methyl/N-ethyl adjacent to an activating group) is 1. The smallest absolute Gasteiger partial charge is 0.408 e. The first kappa shape index (κ1) is 19.3. The van der Waals surface area contributed by atoms with Gasteiger partial charge in [-0.25, -0.2) is 9.86 Å².